The molecule has 0 aliphatic carbocycles. The summed E-state index contributed by atoms with van der Waals surface area (Å²) in [6.07, 6.45) is 2.73. The predicted molar refractivity (Wildman–Crippen MR) is 57.0 cm³/mol. The van der Waals surface area contributed by atoms with Crippen molar-refractivity contribution >= 4 is 0 Å². The van der Waals surface area contributed by atoms with Crippen molar-refractivity contribution in [2.45, 2.75) is 58.3 Å². The summed E-state index contributed by atoms with van der Waals surface area (Å²) in [5.41, 5.74) is 5.51. The van der Waals surface area contributed by atoms with Crippen molar-refractivity contribution in [1.29, 1.82) is 0 Å². The lowest BCUT2D eigenvalue weighted by molar-refractivity contribution is -0.0822. The Morgan fingerprint density at radius 3 is 2.57 bits per heavy atom. The molecule has 3 heteroatoms. The molecule has 1 aliphatic rings. The van der Waals surface area contributed by atoms with Crippen molar-refractivity contribution in [3.05, 3.63) is 0 Å². The zero-order chi connectivity index (χ0) is 10.8. The Hall–Kier alpha value is -0.120. The van der Waals surface area contributed by atoms with Gasteiger partial charge in [-0.2, -0.15) is 0 Å². The van der Waals surface area contributed by atoms with Gasteiger partial charge in [0.25, 0.3) is 0 Å². The Balaban J connectivity index is 2.59. The molecule has 1 saturated heterocycles. The Morgan fingerprint density at radius 1 is 1.57 bits per heavy atom. The molecule has 1 aliphatic heterocycles. The minimum absolute atomic E-state index is 0.0153. The van der Waals surface area contributed by atoms with Crippen molar-refractivity contribution in [2.24, 2.45) is 11.1 Å². The van der Waals surface area contributed by atoms with Crippen LogP contribution in [-0.2, 0) is 4.74 Å². The fraction of sp³-hybridized carbons (Fsp3) is 1.00. The second-order valence-electron chi connectivity index (χ2n) is 4.72. The maximum atomic E-state index is 10.2. The first-order valence-electron chi connectivity index (χ1n) is 5.57. The first kappa shape index (κ1) is 12.0. The normalized spacial score (nSPS) is 34.1. The molecule has 1 heterocycles. The number of nitrogens with two attached hydrogens (primary N) is 1. The highest BCUT2D eigenvalue weighted by Gasteiger charge is 2.39. The highest BCUT2D eigenvalue weighted by Crippen LogP contribution is 2.33. The minimum atomic E-state index is -0.428. The van der Waals surface area contributed by atoms with Crippen LogP contribution in [0, 0.1) is 5.41 Å². The van der Waals surface area contributed by atoms with E-state index in [1.54, 1.807) is 0 Å². The maximum Gasteiger partial charge on any atom is 0.0867 e. The van der Waals surface area contributed by atoms with Crippen LogP contribution in [-0.4, -0.2) is 30.0 Å². The van der Waals surface area contributed by atoms with Gasteiger partial charge in [-0.1, -0.05) is 13.8 Å². The molecular formula is C11H23NO2. The van der Waals surface area contributed by atoms with E-state index in [-0.39, 0.29) is 17.6 Å². The van der Waals surface area contributed by atoms with Crippen LogP contribution in [0.25, 0.3) is 0 Å². The molecule has 0 bridgehead atoms. The summed E-state index contributed by atoms with van der Waals surface area (Å²) in [7, 11) is 0. The molecule has 1 rings (SSSR count). The van der Waals surface area contributed by atoms with Crippen molar-refractivity contribution in [3.63, 3.8) is 0 Å². The van der Waals surface area contributed by atoms with Crippen LogP contribution < -0.4 is 5.73 Å². The Kier molecular flexibility index (Phi) is 3.93. The average molecular weight is 201 g/mol. The van der Waals surface area contributed by atoms with E-state index in [1.165, 1.54) is 0 Å². The fourth-order valence-electron chi connectivity index (χ4n) is 1.99. The van der Waals surface area contributed by atoms with Gasteiger partial charge in [-0.25, -0.2) is 0 Å². The average Bonchev–Trinajstić information content (AvgIpc) is 2.62. The first-order chi connectivity index (χ1) is 6.53. The first-order valence-corrected chi connectivity index (χ1v) is 5.57. The zero-order valence-corrected chi connectivity index (χ0v) is 9.49. The molecule has 0 amide bonds. The van der Waals surface area contributed by atoms with Gasteiger partial charge in [0.15, 0.2) is 0 Å². The molecule has 0 aromatic rings. The zero-order valence-electron chi connectivity index (χ0n) is 9.49. The lowest BCUT2D eigenvalue weighted by atomic mass is 9.78. The van der Waals surface area contributed by atoms with E-state index < -0.39 is 6.10 Å². The molecule has 4 unspecified atom stereocenters. The third kappa shape index (κ3) is 2.27. The topological polar surface area (TPSA) is 55.5 Å². The fourth-order valence-corrected chi connectivity index (χ4v) is 1.99. The van der Waals surface area contributed by atoms with Gasteiger partial charge in [0.05, 0.1) is 18.3 Å². The molecule has 0 radical (unpaired) electrons. The second kappa shape index (κ2) is 4.60. The minimum Gasteiger partial charge on any atom is -0.390 e. The van der Waals surface area contributed by atoms with Gasteiger partial charge >= 0.3 is 0 Å². The summed E-state index contributed by atoms with van der Waals surface area (Å²) in [5, 5.41) is 10.2. The molecule has 0 aromatic heterocycles. The third-order valence-corrected chi connectivity index (χ3v) is 3.61. The van der Waals surface area contributed by atoms with Crippen LogP contribution in [0.1, 0.15) is 40.0 Å². The number of ether oxygens (including phenoxy) is 1. The molecule has 3 nitrogen and oxygen atoms in total. The van der Waals surface area contributed by atoms with Gasteiger partial charge in [0.1, 0.15) is 0 Å². The summed E-state index contributed by atoms with van der Waals surface area (Å²) in [4.78, 5) is 0. The van der Waals surface area contributed by atoms with Crippen molar-refractivity contribution < 1.29 is 9.84 Å². The van der Waals surface area contributed by atoms with E-state index >= 15 is 0 Å². The Labute approximate surface area is 86.6 Å². The van der Waals surface area contributed by atoms with Gasteiger partial charge in [-0.3, -0.25) is 0 Å². The predicted octanol–water partition coefficient (Wildman–Crippen LogP) is 1.29. The molecule has 4 atom stereocenters. The number of rotatable bonds is 4. The smallest absolute Gasteiger partial charge is 0.0867 e. The summed E-state index contributed by atoms with van der Waals surface area (Å²) in [6, 6.07) is 0. The largest absolute Gasteiger partial charge is 0.390 e. The van der Waals surface area contributed by atoms with Crippen LogP contribution in [0.15, 0.2) is 0 Å². The number of hydrogen-bond acceptors (Lipinski definition) is 3. The Bertz CT molecular complexity index is 180. The Morgan fingerprint density at radius 2 is 2.21 bits per heavy atom. The van der Waals surface area contributed by atoms with E-state index in [2.05, 4.69) is 13.8 Å². The highest BCUT2D eigenvalue weighted by atomic mass is 16.5. The van der Waals surface area contributed by atoms with E-state index in [0.29, 0.717) is 6.54 Å². The van der Waals surface area contributed by atoms with Crippen molar-refractivity contribution in [2.75, 3.05) is 6.54 Å². The van der Waals surface area contributed by atoms with Crippen LogP contribution in [0.5, 0.6) is 0 Å². The molecule has 0 saturated carbocycles. The molecule has 14 heavy (non-hydrogen) atoms. The van der Waals surface area contributed by atoms with Gasteiger partial charge in [0, 0.05) is 12.0 Å². The molecule has 3 N–H and O–H groups in total. The molecule has 1 fully saturated rings. The summed E-state index contributed by atoms with van der Waals surface area (Å²) in [5.74, 6) is 0. The van der Waals surface area contributed by atoms with Crippen LogP contribution >= 0.6 is 0 Å². The highest BCUT2D eigenvalue weighted by molar-refractivity contribution is 4.90. The van der Waals surface area contributed by atoms with E-state index in [1.807, 2.05) is 6.92 Å². The molecule has 0 spiro atoms. The molecular weight excluding hydrogens is 178 g/mol. The lowest BCUT2D eigenvalue weighted by Gasteiger charge is -2.35. The van der Waals surface area contributed by atoms with Gasteiger partial charge in [-0.05, 0) is 26.2 Å². The lowest BCUT2D eigenvalue weighted by Crippen LogP contribution is -2.45. The number of aliphatic hydroxyl groups is 1. The SMILES string of the molecule is CCC(C)(CN)C(O)C1CCC(C)O1. The maximum absolute atomic E-state index is 10.2. The van der Waals surface area contributed by atoms with Gasteiger partial charge in [-0.15, -0.1) is 0 Å². The van der Waals surface area contributed by atoms with Gasteiger partial charge in [0.2, 0.25) is 0 Å². The monoisotopic (exact) mass is 201 g/mol. The summed E-state index contributed by atoms with van der Waals surface area (Å²) < 4.78 is 5.67. The number of hydrogen-bond donors (Lipinski definition) is 2. The number of aliphatic hydroxyl groups excluding tert-OH is 1. The third-order valence-electron chi connectivity index (χ3n) is 3.61. The van der Waals surface area contributed by atoms with Crippen LogP contribution in [0.3, 0.4) is 0 Å². The quantitative estimate of drug-likeness (QED) is 0.720. The van der Waals surface area contributed by atoms with E-state index in [9.17, 15) is 5.11 Å². The van der Waals surface area contributed by atoms with Crippen molar-refractivity contribution in [1.82, 2.24) is 0 Å². The van der Waals surface area contributed by atoms with E-state index in [4.69, 9.17) is 10.5 Å². The van der Waals surface area contributed by atoms with E-state index in [0.717, 1.165) is 19.3 Å². The molecule has 84 valence electrons. The standard InChI is InChI=1S/C11H23NO2/c1-4-11(3,7-12)10(13)9-6-5-8(2)14-9/h8-10,13H,4-7,12H2,1-3H3. The summed E-state index contributed by atoms with van der Waals surface area (Å²) in [6.45, 7) is 6.66. The van der Waals surface area contributed by atoms with Gasteiger partial charge < -0.3 is 15.6 Å². The van der Waals surface area contributed by atoms with Crippen LogP contribution in [0.2, 0.25) is 0 Å². The molecule has 0 aromatic carbocycles. The summed E-state index contributed by atoms with van der Waals surface area (Å²) >= 11 is 0. The van der Waals surface area contributed by atoms with Crippen molar-refractivity contribution in [3.8, 4) is 0 Å². The van der Waals surface area contributed by atoms with Crippen LogP contribution in [0.4, 0.5) is 0 Å². The second-order valence-corrected chi connectivity index (χ2v) is 4.72.